The van der Waals surface area contributed by atoms with Crippen molar-refractivity contribution in [1.82, 2.24) is 4.90 Å². The van der Waals surface area contributed by atoms with Crippen molar-refractivity contribution >= 4 is 5.91 Å². The Kier molecular flexibility index (Phi) is 3.31. The molecule has 0 saturated heterocycles. The molecule has 1 amide bonds. The maximum absolute atomic E-state index is 12.8. The first-order chi connectivity index (χ1) is 9.25. The van der Waals surface area contributed by atoms with Crippen LogP contribution in [0.4, 0.5) is 0 Å². The number of nitrogens with two attached hydrogens (primary N) is 1. The van der Waals surface area contributed by atoms with Gasteiger partial charge in [-0.25, -0.2) is 0 Å². The zero-order valence-electron chi connectivity index (χ0n) is 11.4. The lowest BCUT2D eigenvalue weighted by Crippen LogP contribution is -2.48. The summed E-state index contributed by atoms with van der Waals surface area (Å²) in [5, 5.41) is 0. The number of hydrogen-bond donors (Lipinski definition) is 1. The summed E-state index contributed by atoms with van der Waals surface area (Å²) in [6.45, 7) is 2.11. The maximum Gasteiger partial charge on any atom is 0.230 e. The highest BCUT2D eigenvalue weighted by Crippen LogP contribution is 2.39. The molecule has 0 bridgehead atoms. The molecule has 1 aliphatic heterocycles. The molecule has 2 N–H and O–H groups in total. The molecule has 1 aromatic carbocycles. The van der Waals surface area contributed by atoms with Crippen LogP contribution in [0.15, 0.2) is 24.3 Å². The molecule has 19 heavy (non-hydrogen) atoms. The van der Waals surface area contributed by atoms with Crippen molar-refractivity contribution in [2.24, 2.45) is 11.1 Å². The Morgan fingerprint density at radius 2 is 1.89 bits per heavy atom. The van der Waals surface area contributed by atoms with E-state index in [1.165, 1.54) is 11.1 Å². The van der Waals surface area contributed by atoms with E-state index in [4.69, 9.17) is 5.73 Å². The first-order valence-corrected chi connectivity index (χ1v) is 7.31. The number of nitrogens with zero attached hydrogens (tertiary/aromatic N) is 1. The first-order valence-electron chi connectivity index (χ1n) is 7.31. The first kappa shape index (κ1) is 12.7. The van der Waals surface area contributed by atoms with Gasteiger partial charge in [-0.1, -0.05) is 37.1 Å². The Hall–Kier alpha value is -1.35. The molecule has 1 aliphatic carbocycles. The normalized spacial score (nSPS) is 21.2. The lowest BCUT2D eigenvalue weighted by atomic mass is 9.84. The van der Waals surface area contributed by atoms with E-state index >= 15 is 0 Å². The zero-order chi connectivity index (χ0) is 13.3. The average Bonchev–Trinajstić information content (AvgIpc) is 2.96. The fourth-order valence-corrected chi connectivity index (χ4v) is 3.56. The van der Waals surface area contributed by atoms with Gasteiger partial charge in [0.2, 0.25) is 5.91 Å². The Bertz CT molecular complexity index is 477. The molecule has 1 fully saturated rings. The van der Waals surface area contributed by atoms with Crippen molar-refractivity contribution in [3.63, 3.8) is 0 Å². The summed E-state index contributed by atoms with van der Waals surface area (Å²) in [6, 6.07) is 8.44. The molecule has 0 aromatic heterocycles. The lowest BCUT2D eigenvalue weighted by molar-refractivity contribution is -0.142. The molecule has 0 spiro atoms. The van der Waals surface area contributed by atoms with Crippen molar-refractivity contribution in [3.8, 4) is 0 Å². The molecular weight excluding hydrogens is 236 g/mol. The van der Waals surface area contributed by atoms with Crippen LogP contribution in [0, 0.1) is 5.41 Å². The van der Waals surface area contributed by atoms with Crippen molar-refractivity contribution < 1.29 is 4.79 Å². The predicted octanol–water partition coefficient (Wildman–Crippen LogP) is 2.09. The van der Waals surface area contributed by atoms with Crippen LogP contribution in [0.2, 0.25) is 0 Å². The fourth-order valence-electron chi connectivity index (χ4n) is 3.56. The van der Waals surface area contributed by atoms with Crippen LogP contribution in [-0.2, 0) is 17.8 Å². The molecule has 0 radical (unpaired) electrons. The molecule has 1 heterocycles. The van der Waals surface area contributed by atoms with E-state index in [9.17, 15) is 4.79 Å². The summed E-state index contributed by atoms with van der Waals surface area (Å²) >= 11 is 0. The maximum atomic E-state index is 12.8. The number of rotatable bonds is 2. The Morgan fingerprint density at radius 3 is 2.58 bits per heavy atom. The number of carbonyl (C=O) groups is 1. The van der Waals surface area contributed by atoms with E-state index in [0.717, 1.165) is 45.2 Å². The molecule has 0 unspecified atom stereocenters. The van der Waals surface area contributed by atoms with E-state index in [-0.39, 0.29) is 5.41 Å². The molecule has 1 saturated carbocycles. The molecule has 3 nitrogen and oxygen atoms in total. The number of amides is 1. The minimum absolute atomic E-state index is 0.258. The van der Waals surface area contributed by atoms with Crippen LogP contribution >= 0.6 is 0 Å². The quantitative estimate of drug-likeness (QED) is 0.883. The molecular formula is C16H22N2O. The molecule has 3 rings (SSSR count). The van der Waals surface area contributed by atoms with Gasteiger partial charge in [0, 0.05) is 19.6 Å². The van der Waals surface area contributed by atoms with Crippen LogP contribution in [0.3, 0.4) is 0 Å². The second-order valence-corrected chi connectivity index (χ2v) is 5.94. The second-order valence-electron chi connectivity index (χ2n) is 5.94. The van der Waals surface area contributed by atoms with Gasteiger partial charge in [-0.15, -0.1) is 0 Å². The summed E-state index contributed by atoms with van der Waals surface area (Å²) in [5.41, 5.74) is 8.35. The van der Waals surface area contributed by atoms with Gasteiger partial charge in [0.15, 0.2) is 0 Å². The topological polar surface area (TPSA) is 46.3 Å². The third-order valence-electron chi connectivity index (χ3n) is 4.82. The highest BCUT2D eigenvalue weighted by Gasteiger charge is 2.42. The number of fused-ring (bicyclic) bond motifs is 1. The molecule has 3 heteroatoms. The average molecular weight is 258 g/mol. The Labute approximate surface area is 114 Å². The summed E-state index contributed by atoms with van der Waals surface area (Å²) in [6.07, 6.45) is 5.21. The number of carbonyl (C=O) groups excluding carboxylic acids is 1. The third-order valence-corrected chi connectivity index (χ3v) is 4.82. The minimum atomic E-state index is -0.258. The highest BCUT2D eigenvalue weighted by atomic mass is 16.2. The van der Waals surface area contributed by atoms with E-state index < -0.39 is 0 Å². The van der Waals surface area contributed by atoms with E-state index in [0.29, 0.717) is 12.5 Å². The molecule has 2 aliphatic rings. The van der Waals surface area contributed by atoms with Gasteiger partial charge in [0.25, 0.3) is 0 Å². The van der Waals surface area contributed by atoms with Gasteiger partial charge < -0.3 is 10.6 Å². The Morgan fingerprint density at radius 1 is 1.21 bits per heavy atom. The van der Waals surface area contributed by atoms with Gasteiger partial charge in [-0.3, -0.25) is 4.79 Å². The monoisotopic (exact) mass is 258 g/mol. The summed E-state index contributed by atoms with van der Waals surface area (Å²) in [7, 11) is 0. The zero-order valence-corrected chi connectivity index (χ0v) is 11.4. The van der Waals surface area contributed by atoms with Crippen LogP contribution in [-0.4, -0.2) is 23.9 Å². The minimum Gasteiger partial charge on any atom is -0.338 e. The number of benzene rings is 1. The van der Waals surface area contributed by atoms with Gasteiger partial charge in [0.05, 0.1) is 5.41 Å². The van der Waals surface area contributed by atoms with Gasteiger partial charge >= 0.3 is 0 Å². The Balaban J connectivity index is 1.79. The fraction of sp³-hybridized carbons (Fsp3) is 0.562. The SMILES string of the molecule is NCC1(C(=O)N2CCc3ccccc3C2)CCCC1. The largest absolute Gasteiger partial charge is 0.338 e. The van der Waals surface area contributed by atoms with Crippen molar-refractivity contribution in [1.29, 1.82) is 0 Å². The summed E-state index contributed by atoms with van der Waals surface area (Å²) < 4.78 is 0. The predicted molar refractivity (Wildman–Crippen MR) is 75.5 cm³/mol. The standard InChI is InChI=1S/C16H22N2O/c17-12-16(8-3-4-9-16)15(19)18-10-7-13-5-1-2-6-14(13)11-18/h1-2,5-6H,3-4,7-12,17H2. The van der Waals surface area contributed by atoms with Crippen LogP contribution in [0.1, 0.15) is 36.8 Å². The highest BCUT2D eigenvalue weighted by molar-refractivity contribution is 5.83. The van der Waals surface area contributed by atoms with E-state index in [1.54, 1.807) is 0 Å². The molecule has 0 atom stereocenters. The lowest BCUT2D eigenvalue weighted by Gasteiger charge is -2.36. The second kappa shape index (κ2) is 4.97. The van der Waals surface area contributed by atoms with Crippen molar-refractivity contribution in [3.05, 3.63) is 35.4 Å². The summed E-state index contributed by atoms with van der Waals surface area (Å²) in [5.74, 6) is 0.294. The van der Waals surface area contributed by atoms with Crippen LogP contribution in [0.25, 0.3) is 0 Å². The third kappa shape index (κ3) is 2.16. The van der Waals surface area contributed by atoms with Crippen molar-refractivity contribution in [2.75, 3.05) is 13.1 Å². The van der Waals surface area contributed by atoms with Gasteiger partial charge in [-0.05, 0) is 30.4 Å². The van der Waals surface area contributed by atoms with Gasteiger partial charge in [0.1, 0.15) is 0 Å². The molecule has 1 aromatic rings. The van der Waals surface area contributed by atoms with E-state index in [2.05, 4.69) is 24.3 Å². The van der Waals surface area contributed by atoms with Crippen LogP contribution < -0.4 is 5.73 Å². The molecule has 102 valence electrons. The van der Waals surface area contributed by atoms with Crippen molar-refractivity contribution in [2.45, 2.75) is 38.6 Å². The van der Waals surface area contributed by atoms with Gasteiger partial charge in [-0.2, -0.15) is 0 Å². The smallest absolute Gasteiger partial charge is 0.230 e. The number of hydrogen-bond acceptors (Lipinski definition) is 2. The summed E-state index contributed by atoms with van der Waals surface area (Å²) in [4.78, 5) is 14.8. The van der Waals surface area contributed by atoms with Crippen LogP contribution in [0.5, 0.6) is 0 Å². The van der Waals surface area contributed by atoms with E-state index in [1.807, 2.05) is 4.90 Å².